The fourth-order valence-corrected chi connectivity index (χ4v) is 5.28. The number of aliphatic hydroxyl groups is 1. The summed E-state index contributed by atoms with van der Waals surface area (Å²) >= 11 is 0. The number of Topliss-reactive ketones (excluding diaryl/α,β-unsaturated/α-hetero) is 1. The van der Waals surface area contributed by atoms with Crippen molar-refractivity contribution in [2.24, 2.45) is 0 Å². The van der Waals surface area contributed by atoms with Gasteiger partial charge in [0.25, 0.3) is 7.37 Å². The summed E-state index contributed by atoms with van der Waals surface area (Å²) in [6, 6.07) is 13.3. The summed E-state index contributed by atoms with van der Waals surface area (Å²) in [6.07, 6.45) is -0.398. The van der Waals surface area contributed by atoms with Crippen molar-refractivity contribution >= 4 is 18.5 Å². The number of hydrogen-bond acceptors (Lipinski definition) is 4. The minimum absolute atomic E-state index is 0.0909. The lowest BCUT2D eigenvalue weighted by atomic mass is 10.0. The van der Waals surface area contributed by atoms with Crippen LogP contribution in [0.3, 0.4) is 0 Å². The third-order valence-corrected chi connectivity index (χ3v) is 6.69. The summed E-state index contributed by atoms with van der Waals surface area (Å²) < 4.78 is 32.5. The molecule has 0 spiro atoms. The Balaban J connectivity index is 2.69. The summed E-state index contributed by atoms with van der Waals surface area (Å²) in [6.45, 7) is 3.05. The van der Waals surface area contributed by atoms with E-state index in [4.69, 9.17) is 4.52 Å². The first-order valence-corrected chi connectivity index (χ1v) is 9.24. The second kappa shape index (κ2) is 7.39. The molecule has 0 bridgehead atoms. The normalized spacial score (nSPS) is 16.2. The standard InChI is InChI=1S/C18H20FO4P/c1-3-23-24(22,17-7-5-4-6-8-17)18(21,13-14(2)20)15-9-11-16(19)12-10-15/h4-12,21H,3,13H2,1-2H3/t18-,24+/m1/s1. The maximum absolute atomic E-state index is 13.7. The zero-order chi connectivity index (χ0) is 17.8. The Morgan fingerprint density at radius 3 is 2.25 bits per heavy atom. The van der Waals surface area contributed by atoms with Crippen LogP contribution in [0.5, 0.6) is 0 Å². The van der Waals surface area contributed by atoms with Crippen LogP contribution in [0.2, 0.25) is 0 Å². The van der Waals surface area contributed by atoms with Crippen molar-refractivity contribution in [3.8, 4) is 0 Å². The van der Waals surface area contributed by atoms with Crippen LogP contribution in [0.4, 0.5) is 4.39 Å². The quantitative estimate of drug-likeness (QED) is 0.775. The zero-order valence-electron chi connectivity index (χ0n) is 13.6. The van der Waals surface area contributed by atoms with E-state index < -0.39 is 24.9 Å². The van der Waals surface area contributed by atoms with E-state index in [2.05, 4.69) is 0 Å². The molecule has 2 atom stereocenters. The van der Waals surface area contributed by atoms with Gasteiger partial charge in [-0.3, -0.25) is 9.36 Å². The fourth-order valence-electron chi connectivity index (χ4n) is 2.64. The van der Waals surface area contributed by atoms with Crippen LogP contribution < -0.4 is 5.30 Å². The number of ketones is 1. The highest BCUT2D eigenvalue weighted by molar-refractivity contribution is 7.67. The number of hydrogen-bond donors (Lipinski definition) is 1. The van der Waals surface area contributed by atoms with Crippen LogP contribution in [0.1, 0.15) is 25.8 Å². The van der Waals surface area contributed by atoms with Gasteiger partial charge in [-0.05, 0) is 43.7 Å². The van der Waals surface area contributed by atoms with Crippen LogP contribution in [-0.2, 0) is 19.2 Å². The predicted molar refractivity (Wildman–Crippen MR) is 90.9 cm³/mol. The molecule has 0 aromatic heterocycles. The molecule has 128 valence electrons. The van der Waals surface area contributed by atoms with Crippen molar-refractivity contribution < 1.29 is 23.4 Å². The molecule has 0 fully saturated rings. The van der Waals surface area contributed by atoms with Gasteiger partial charge in [-0.2, -0.15) is 0 Å². The maximum atomic E-state index is 13.7. The molecular weight excluding hydrogens is 330 g/mol. The SMILES string of the molecule is CCO[P@@](=O)(c1ccccc1)[C@](O)(CC(C)=O)c1ccc(F)cc1. The minimum Gasteiger partial charge on any atom is -0.374 e. The second-order valence-electron chi connectivity index (χ2n) is 5.51. The van der Waals surface area contributed by atoms with Crippen LogP contribution in [0, 0.1) is 5.82 Å². The first-order valence-electron chi connectivity index (χ1n) is 7.61. The van der Waals surface area contributed by atoms with Crippen LogP contribution in [-0.4, -0.2) is 17.5 Å². The molecule has 0 aliphatic heterocycles. The summed E-state index contributed by atoms with van der Waals surface area (Å²) in [5.74, 6) is -0.840. The molecule has 2 aromatic carbocycles. The van der Waals surface area contributed by atoms with E-state index in [0.29, 0.717) is 5.30 Å². The van der Waals surface area contributed by atoms with Gasteiger partial charge in [0.15, 0.2) is 5.34 Å². The Labute approximate surface area is 140 Å². The van der Waals surface area contributed by atoms with Gasteiger partial charge in [-0.1, -0.05) is 30.3 Å². The van der Waals surface area contributed by atoms with Gasteiger partial charge in [0.05, 0.1) is 6.61 Å². The number of benzene rings is 2. The average Bonchev–Trinajstić information content (AvgIpc) is 2.55. The molecule has 0 aliphatic rings. The molecule has 0 saturated carbocycles. The topological polar surface area (TPSA) is 63.6 Å². The molecule has 24 heavy (non-hydrogen) atoms. The Kier molecular flexibility index (Phi) is 5.70. The molecule has 0 saturated heterocycles. The summed E-state index contributed by atoms with van der Waals surface area (Å²) in [5.41, 5.74) is 0.180. The van der Waals surface area contributed by atoms with Gasteiger partial charge in [-0.15, -0.1) is 0 Å². The Morgan fingerprint density at radius 2 is 1.75 bits per heavy atom. The van der Waals surface area contributed by atoms with Crippen molar-refractivity contribution in [3.05, 3.63) is 66.0 Å². The van der Waals surface area contributed by atoms with Crippen molar-refractivity contribution in [3.63, 3.8) is 0 Å². The highest BCUT2D eigenvalue weighted by Gasteiger charge is 2.51. The van der Waals surface area contributed by atoms with E-state index >= 15 is 0 Å². The molecule has 4 nitrogen and oxygen atoms in total. The summed E-state index contributed by atoms with van der Waals surface area (Å²) in [7, 11) is -3.87. The monoisotopic (exact) mass is 350 g/mol. The highest BCUT2D eigenvalue weighted by Crippen LogP contribution is 2.63. The minimum atomic E-state index is -3.87. The number of carbonyl (C=O) groups excluding carboxylic acids is 1. The lowest BCUT2D eigenvalue weighted by molar-refractivity contribution is -0.120. The van der Waals surface area contributed by atoms with E-state index in [-0.39, 0.29) is 18.0 Å². The average molecular weight is 350 g/mol. The van der Waals surface area contributed by atoms with Crippen molar-refractivity contribution in [2.75, 3.05) is 6.61 Å². The third-order valence-electron chi connectivity index (χ3n) is 3.70. The molecule has 2 aromatic rings. The van der Waals surface area contributed by atoms with Gasteiger partial charge in [0.2, 0.25) is 0 Å². The van der Waals surface area contributed by atoms with Crippen molar-refractivity contribution in [2.45, 2.75) is 25.6 Å². The molecule has 0 aliphatic carbocycles. The van der Waals surface area contributed by atoms with Gasteiger partial charge in [-0.25, -0.2) is 4.39 Å². The van der Waals surface area contributed by atoms with E-state index in [0.717, 1.165) is 12.1 Å². The lowest BCUT2D eigenvalue weighted by Gasteiger charge is -2.35. The molecular formula is C18H20FO4P. The molecule has 2 rings (SSSR count). The molecule has 6 heteroatoms. The van der Waals surface area contributed by atoms with E-state index in [1.165, 1.54) is 19.1 Å². The first kappa shape index (κ1) is 18.5. The van der Waals surface area contributed by atoms with Gasteiger partial charge >= 0.3 is 0 Å². The van der Waals surface area contributed by atoms with Crippen molar-refractivity contribution in [1.29, 1.82) is 0 Å². The molecule has 0 unspecified atom stereocenters. The predicted octanol–water partition coefficient (Wildman–Crippen LogP) is 3.59. The number of rotatable bonds is 7. The smallest absolute Gasteiger partial charge is 0.267 e. The highest BCUT2D eigenvalue weighted by atomic mass is 31.2. The summed E-state index contributed by atoms with van der Waals surface area (Å²) in [5, 5.41) is 9.56. The van der Waals surface area contributed by atoms with Crippen LogP contribution in [0.15, 0.2) is 54.6 Å². The summed E-state index contributed by atoms with van der Waals surface area (Å²) in [4.78, 5) is 11.8. The number of halogens is 1. The lowest BCUT2D eigenvalue weighted by Crippen LogP contribution is -2.34. The zero-order valence-corrected chi connectivity index (χ0v) is 14.5. The van der Waals surface area contributed by atoms with Crippen LogP contribution >= 0.6 is 7.37 Å². The largest absolute Gasteiger partial charge is 0.374 e. The Morgan fingerprint density at radius 1 is 1.17 bits per heavy atom. The Bertz CT molecular complexity index is 745. The van der Waals surface area contributed by atoms with Gasteiger partial charge in [0.1, 0.15) is 11.6 Å². The molecule has 0 radical (unpaired) electrons. The number of carbonyl (C=O) groups is 1. The van der Waals surface area contributed by atoms with Gasteiger partial charge < -0.3 is 9.63 Å². The molecule has 0 amide bonds. The van der Waals surface area contributed by atoms with E-state index in [9.17, 15) is 18.9 Å². The fraction of sp³-hybridized carbons (Fsp3) is 0.278. The third kappa shape index (κ3) is 3.48. The van der Waals surface area contributed by atoms with Gasteiger partial charge in [0, 0.05) is 11.7 Å². The molecule has 1 N–H and O–H groups in total. The second-order valence-corrected chi connectivity index (χ2v) is 8.12. The maximum Gasteiger partial charge on any atom is 0.267 e. The first-order chi connectivity index (χ1) is 11.3. The van der Waals surface area contributed by atoms with E-state index in [1.54, 1.807) is 37.3 Å². The Hall–Kier alpha value is -1.81. The van der Waals surface area contributed by atoms with E-state index in [1.807, 2.05) is 0 Å². The molecule has 0 heterocycles. The van der Waals surface area contributed by atoms with Crippen molar-refractivity contribution in [1.82, 2.24) is 0 Å². The van der Waals surface area contributed by atoms with Crippen LogP contribution in [0.25, 0.3) is 0 Å².